The second-order valence-corrected chi connectivity index (χ2v) is 5.00. The van der Waals surface area contributed by atoms with Gasteiger partial charge < -0.3 is 5.11 Å². The summed E-state index contributed by atoms with van der Waals surface area (Å²) in [5.41, 5.74) is -0.127. The van der Waals surface area contributed by atoms with Crippen molar-refractivity contribution in [3.8, 4) is 0 Å². The zero-order valence-corrected chi connectivity index (χ0v) is 11.6. The number of aliphatic hydroxyl groups is 1. The van der Waals surface area contributed by atoms with Crippen LogP contribution < -0.4 is 11.2 Å². The summed E-state index contributed by atoms with van der Waals surface area (Å²) in [5.74, 6) is 0. The molecule has 0 unspecified atom stereocenters. The van der Waals surface area contributed by atoms with Crippen LogP contribution in [0, 0.1) is 0 Å². The van der Waals surface area contributed by atoms with Gasteiger partial charge in [-0.3, -0.25) is 14.3 Å². The van der Waals surface area contributed by atoms with Gasteiger partial charge in [-0.05, 0) is 27.9 Å². The van der Waals surface area contributed by atoms with Crippen molar-refractivity contribution in [3.05, 3.63) is 67.4 Å². The lowest BCUT2D eigenvalue weighted by Gasteiger charge is -2.11. The van der Waals surface area contributed by atoms with Gasteiger partial charge in [0.1, 0.15) is 0 Å². The minimum atomic E-state index is -0.640. The number of hydrogen-bond donors (Lipinski definition) is 2. The first kappa shape index (κ1) is 13.8. The van der Waals surface area contributed by atoms with Crippen LogP contribution in [0.5, 0.6) is 0 Å². The van der Waals surface area contributed by atoms with Crippen LogP contribution in [-0.4, -0.2) is 14.7 Å². The monoisotopic (exact) mass is 324 g/mol. The van der Waals surface area contributed by atoms with Gasteiger partial charge >= 0.3 is 5.69 Å². The van der Waals surface area contributed by atoms with Gasteiger partial charge in [0.05, 0.1) is 10.6 Å². The Kier molecular flexibility index (Phi) is 4.34. The maximum atomic E-state index is 11.5. The van der Waals surface area contributed by atoms with Gasteiger partial charge in [-0.1, -0.05) is 30.3 Å². The smallest absolute Gasteiger partial charge is 0.328 e. The maximum Gasteiger partial charge on any atom is 0.328 e. The number of hydrogen-bond acceptors (Lipinski definition) is 3. The fourth-order valence-electron chi connectivity index (χ4n) is 1.75. The second-order valence-electron chi connectivity index (χ2n) is 4.14. The molecule has 0 bridgehead atoms. The van der Waals surface area contributed by atoms with Crippen LogP contribution >= 0.6 is 15.9 Å². The summed E-state index contributed by atoms with van der Waals surface area (Å²) in [5, 5.41) is 10.00. The molecule has 0 saturated heterocycles. The number of aromatic amines is 1. The van der Waals surface area contributed by atoms with E-state index in [1.807, 2.05) is 30.3 Å². The van der Waals surface area contributed by atoms with Gasteiger partial charge in [-0.15, -0.1) is 0 Å². The zero-order chi connectivity index (χ0) is 13.8. The largest absolute Gasteiger partial charge is 0.388 e. The maximum absolute atomic E-state index is 11.5. The van der Waals surface area contributed by atoms with Crippen LogP contribution in [0.3, 0.4) is 0 Å². The molecule has 1 atom stereocenters. The molecule has 0 saturated carbocycles. The van der Waals surface area contributed by atoms with Crippen molar-refractivity contribution >= 4 is 15.9 Å². The number of aryl methyl sites for hydroxylation is 1. The Morgan fingerprint density at radius 3 is 2.63 bits per heavy atom. The predicted molar refractivity (Wildman–Crippen MR) is 75.0 cm³/mol. The lowest BCUT2D eigenvalue weighted by Crippen LogP contribution is -2.30. The first-order chi connectivity index (χ1) is 9.08. The van der Waals surface area contributed by atoms with Crippen molar-refractivity contribution in [3.63, 3.8) is 0 Å². The third kappa shape index (κ3) is 3.42. The highest BCUT2D eigenvalue weighted by Gasteiger charge is 2.08. The fraction of sp³-hybridized carbons (Fsp3) is 0.231. The Morgan fingerprint density at radius 2 is 1.95 bits per heavy atom. The lowest BCUT2D eigenvalue weighted by atomic mass is 10.1. The molecule has 100 valence electrons. The van der Waals surface area contributed by atoms with Crippen molar-refractivity contribution in [2.75, 3.05) is 0 Å². The van der Waals surface area contributed by atoms with E-state index in [0.717, 1.165) is 5.56 Å². The van der Waals surface area contributed by atoms with Gasteiger partial charge in [-0.25, -0.2) is 4.79 Å². The Balaban J connectivity index is 2.09. The van der Waals surface area contributed by atoms with Crippen molar-refractivity contribution in [1.29, 1.82) is 0 Å². The van der Waals surface area contributed by atoms with Crippen LogP contribution in [-0.2, 0) is 6.54 Å². The molecule has 2 aromatic rings. The molecule has 0 fully saturated rings. The van der Waals surface area contributed by atoms with E-state index in [1.54, 1.807) is 0 Å². The molecule has 2 N–H and O–H groups in total. The van der Waals surface area contributed by atoms with Gasteiger partial charge in [0.15, 0.2) is 0 Å². The Labute approximate surface area is 117 Å². The average molecular weight is 325 g/mol. The molecule has 5 nitrogen and oxygen atoms in total. The predicted octanol–water partition coefficient (Wildman–Crippen LogP) is 1.42. The van der Waals surface area contributed by atoms with Gasteiger partial charge in [-0.2, -0.15) is 0 Å². The van der Waals surface area contributed by atoms with Crippen LogP contribution in [0.15, 0.2) is 50.6 Å². The van der Waals surface area contributed by atoms with E-state index >= 15 is 0 Å². The summed E-state index contributed by atoms with van der Waals surface area (Å²) in [6, 6.07) is 9.23. The molecule has 0 amide bonds. The molecular formula is C13H13BrN2O3. The standard InChI is InChI=1S/C13H13BrN2O3/c14-10-8-16(13(19)15-12(10)18)7-6-11(17)9-4-2-1-3-5-9/h1-5,8,11,17H,6-7H2,(H,15,18,19)/t11-/m1/s1. The number of H-pyrrole nitrogens is 1. The molecule has 19 heavy (non-hydrogen) atoms. The molecule has 0 aliphatic carbocycles. The summed E-state index contributed by atoms with van der Waals surface area (Å²) in [6.45, 7) is 0.324. The van der Waals surface area contributed by atoms with E-state index in [-0.39, 0.29) is 0 Å². The number of halogens is 1. The van der Waals surface area contributed by atoms with Crippen LogP contribution in [0.2, 0.25) is 0 Å². The van der Waals surface area contributed by atoms with Gasteiger partial charge in [0, 0.05) is 12.7 Å². The van der Waals surface area contributed by atoms with E-state index < -0.39 is 17.4 Å². The van der Waals surface area contributed by atoms with Crippen LogP contribution in [0.1, 0.15) is 18.1 Å². The van der Waals surface area contributed by atoms with Crippen molar-refractivity contribution in [2.24, 2.45) is 0 Å². The number of rotatable bonds is 4. The molecule has 6 heteroatoms. The van der Waals surface area contributed by atoms with Crippen LogP contribution in [0.25, 0.3) is 0 Å². The molecule has 1 aromatic heterocycles. The molecule has 2 rings (SSSR count). The number of aliphatic hydroxyl groups excluding tert-OH is 1. The zero-order valence-electron chi connectivity index (χ0n) is 10.0. The van der Waals surface area contributed by atoms with Gasteiger partial charge in [0.25, 0.3) is 5.56 Å². The van der Waals surface area contributed by atoms with Crippen LogP contribution in [0.4, 0.5) is 0 Å². The highest BCUT2D eigenvalue weighted by Crippen LogP contribution is 2.16. The Bertz CT molecular complexity index is 664. The number of aromatic nitrogens is 2. The lowest BCUT2D eigenvalue weighted by molar-refractivity contribution is 0.160. The number of nitrogens with zero attached hydrogens (tertiary/aromatic N) is 1. The third-order valence-corrected chi connectivity index (χ3v) is 3.36. The van der Waals surface area contributed by atoms with E-state index in [9.17, 15) is 14.7 Å². The SMILES string of the molecule is O=c1[nH]c(=O)n(CC[C@@H](O)c2ccccc2)cc1Br. The third-order valence-electron chi connectivity index (χ3n) is 2.80. The highest BCUT2D eigenvalue weighted by atomic mass is 79.9. The second kappa shape index (κ2) is 5.99. The summed E-state index contributed by atoms with van der Waals surface area (Å²) in [6.07, 6.45) is 1.18. The highest BCUT2D eigenvalue weighted by molar-refractivity contribution is 9.10. The Morgan fingerprint density at radius 1 is 1.26 bits per heavy atom. The minimum Gasteiger partial charge on any atom is -0.388 e. The van der Waals surface area contributed by atoms with E-state index in [4.69, 9.17) is 0 Å². The fourth-order valence-corrected chi connectivity index (χ4v) is 2.10. The van der Waals surface area contributed by atoms with E-state index in [2.05, 4.69) is 20.9 Å². The Hall–Kier alpha value is -1.66. The van der Waals surface area contributed by atoms with Crippen molar-refractivity contribution < 1.29 is 5.11 Å². The number of nitrogens with one attached hydrogen (secondary N) is 1. The summed E-state index contributed by atoms with van der Waals surface area (Å²) < 4.78 is 1.65. The van der Waals surface area contributed by atoms with E-state index in [0.29, 0.717) is 17.4 Å². The quantitative estimate of drug-likeness (QED) is 0.893. The molecule has 0 aliphatic heterocycles. The number of benzene rings is 1. The van der Waals surface area contributed by atoms with E-state index in [1.165, 1.54) is 10.8 Å². The first-order valence-electron chi connectivity index (χ1n) is 5.80. The first-order valence-corrected chi connectivity index (χ1v) is 6.59. The minimum absolute atomic E-state index is 0.293. The summed E-state index contributed by atoms with van der Waals surface area (Å²) in [7, 11) is 0. The summed E-state index contributed by atoms with van der Waals surface area (Å²) in [4.78, 5) is 24.9. The van der Waals surface area contributed by atoms with Crippen molar-refractivity contribution in [2.45, 2.75) is 19.1 Å². The molecule has 0 aliphatic rings. The normalized spacial score (nSPS) is 12.3. The molecule has 0 spiro atoms. The van der Waals surface area contributed by atoms with Gasteiger partial charge in [0.2, 0.25) is 0 Å². The topological polar surface area (TPSA) is 75.1 Å². The summed E-state index contributed by atoms with van der Waals surface area (Å²) >= 11 is 3.07. The molecule has 1 aromatic carbocycles. The molecule has 1 heterocycles. The van der Waals surface area contributed by atoms with Crippen molar-refractivity contribution in [1.82, 2.24) is 9.55 Å². The molecular weight excluding hydrogens is 312 g/mol. The average Bonchev–Trinajstić information content (AvgIpc) is 2.42. The molecule has 0 radical (unpaired) electrons.